The highest BCUT2D eigenvalue weighted by molar-refractivity contribution is 5.92. The van der Waals surface area contributed by atoms with E-state index in [9.17, 15) is 0 Å². The molecule has 1 aromatic carbocycles. The van der Waals surface area contributed by atoms with Gasteiger partial charge in [-0.05, 0) is 51.1 Å². The van der Waals surface area contributed by atoms with Gasteiger partial charge in [-0.2, -0.15) is 0 Å². The van der Waals surface area contributed by atoms with Crippen molar-refractivity contribution in [1.29, 1.82) is 0 Å². The predicted molar refractivity (Wildman–Crippen MR) is 83.4 cm³/mol. The van der Waals surface area contributed by atoms with Crippen molar-refractivity contribution in [2.45, 2.75) is 31.8 Å². The van der Waals surface area contributed by atoms with Crippen LogP contribution in [0, 0.1) is 0 Å². The first kappa shape index (κ1) is 14.7. The summed E-state index contributed by atoms with van der Waals surface area (Å²) in [6, 6.07) is 8.77. The Labute approximate surface area is 120 Å². The smallest absolute Gasteiger partial charge is 0.193 e. The van der Waals surface area contributed by atoms with Gasteiger partial charge < -0.3 is 15.8 Å². The Morgan fingerprint density at radius 3 is 2.65 bits per heavy atom. The van der Waals surface area contributed by atoms with Gasteiger partial charge in [0.15, 0.2) is 5.96 Å². The molecule has 1 saturated carbocycles. The average Bonchev–Trinajstić information content (AvgIpc) is 3.29. The van der Waals surface area contributed by atoms with E-state index in [0.717, 1.165) is 17.5 Å². The molecule has 3 N–H and O–H groups in total. The van der Waals surface area contributed by atoms with E-state index in [1.54, 1.807) is 7.11 Å². The number of nitrogens with two attached hydrogens (primary N) is 1. The molecule has 1 aliphatic carbocycles. The molecule has 110 valence electrons. The number of anilines is 1. The van der Waals surface area contributed by atoms with Crippen molar-refractivity contribution in [2.24, 2.45) is 10.7 Å². The van der Waals surface area contributed by atoms with E-state index < -0.39 is 0 Å². The Balaban J connectivity index is 1.83. The number of nitrogens with one attached hydrogen (secondary N) is 1. The summed E-state index contributed by atoms with van der Waals surface area (Å²) in [7, 11) is 3.81. The first-order valence-electron chi connectivity index (χ1n) is 7.03. The predicted octanol–water partition coefficient (Wildman–Crippen LogP) is 1.90. The summed E-state index contributed by atoms with van der Waals surface area (Å²) in [6.45, 7) is 2.89. The number of rotatable bonds is 6. The van der Waals surface area contributed by atoms with Crippen LogP contribution in [0.3, 0.4) is 0 Å². The lowest BCUT2D eigenvalue weighted by Crippen LogP contribution is -2.34. The minimum atomic E-state index is 0.415. The summed E-state index contributed by atoms with van der Waals surface area (Å²) in [4.78, 5) is 6.78. The average molecular weight is 276 g/mol. The van der Waals surface area contributed by atoms with E-state index >= 15 is 0 Å². The largest absolute Gasteiger partial charge is 0.497 e. The SMILES string of the molecule is COc1ccc(NC(N)=NCC(C)N(C)C2CC2)cc1. The molecular formula is C15H24N4O. The van der Waals surface area contributed by atoms with Gasteiger partial charge in [0.25, 0.3) is 0 Å². The fraction of sp³-hybridized carbons (Fsp3) is 0.533. The third-order valence-corrected chi connectivity index (χ3v) is 3.71. The lowest BCUT2D eigenvalue weighted by Gasteiger charge is -2.22. The molecule has 0 spiro atoms. The first-order valence-corrected chi connectivity index (χ1v) is 7.03. The quantitative estimate of drug-likeness (QED) is 0.615. The molecule has 1 unspecified atom stereocenters. The van der Waals surface area contributed by atoms with Crippen LogP contribution in [0.15, 0.2) is 29.3 Å². The van der Waals surface area contributed by atoms with Gasteiger partial charge in [0.05, 0.1) is 13.7 Å². The number of ether oxygens (including phenoxy) is 1. The highest BCUT2D eigenvalue weighted by atomic mass is 16.5. The second-order valence-electron chi connectivity index (χ2n) is 5.33. The van der Waals surface area contributed by atoms with Gasteiger partial charge in [-0.3, -0.25) is 9.89 Å². The Hall–Kier alpha value is -1.75. The van der Waals surface area contributed by atoms with Crippen LogP contribution < -0.4 is 15.8 Å². The van der Waals surface area contributed by atoms with E-state index in [-0.39, 0.29) is 0 Å². The van der Waals surface area contributed by atoms with Gasteiger partial charge in [-0.15, -0.1) is 0 Å². The van der Waals surface area contributed by atoms with Crippen molar-refractivity contribution in [3.8, 4) is 5.75 Å². The molecule has 0 saturated heterocycles. The minimum absolute atomic E-state index is 0.415. The van der Waals surface area contributed by atoms with Crippen molar-refractivity contribution in [3.05, 3.63) is 24.3 Å². The Morgan fingerprint density at radius 1 is 1.45 bits per heavy atom. The van der Waals surface area contributed by atoms with Crippen LogP contribution in [-0.4, -0.2) is 43.6 Å². The number of guanidine groups is 1. The van der Waals surface area contributed by atoms with Crippen LogP contribution in [0.2, 0.25) is 0 Å². The number of likely N-dealkylation sites (N-methyl/N-ethyl adjacent to an activating group) is 1. The van der Waals surface area contributed by atoms with Gasteiger partial charge in [0, 0.05) is 17.8 Å². The number of benzene rings is 1. The van der Waals surface area contributed by atoms with Crippen molar-refractivity contribution in [3.63, 3.8) is 0 Å². The van der Waals surface area contributed by atoms with E-state index in [2.05, 4.69) is 29.2 Å². The maximum atomic E-state index is 5.91. The molecule has 5 nitrogen and oxygen atoms in total. The summed E-state index contributed by atoms with van der Waals surface area (Å²) in [5.74, 6) is 1.27. The molecule has 0 bridgehead atoms. The van der Waals surface area contributed by atoms with Crippen LogP contribution in [0.25, 0.3) is 0 Å². The van der Waals surface area contributed by atoms with Gasteiger partial charge in [-0.25, -0.2) is 0 Å². The molecule has 1 aliphatic rings. The maximum Gasteiger partial charge on any atom is 0.193 e. The third kappa shape index (κ3) is 4.13. The molecule has 0 amide bonds. The van der Waals surface area contributed by atoms with Crippen LogP contribution >= 0.6 is 0 Å². The third-order valence-electron chi connectivity index (χ3n) is 3.71. The molecule has 1 aromatic rings. The molecule has 5 heteroatoms. The Morgan fingerprint density at radius 2 is 2.10 bits per heavy atom. The van der Waals surface area contributed by atoms with Gasteiger partial charge in [0.2, 0.25) is 0 Å². The Bertz CT molecular complexity index is 453. The topological polar surface area (TPSA) is 62.9 Å². The fourth-order valence-corrected chi connectivity index (χ4v) is 2.06. The second kappa shape index (κ2) is 6.61. The molecule has 20 heavy (non-hydrogen) atoms. The Kier molecular flexibility index (Phi) is 4.84. The standard InChI is InChI=1S/C15H24N4O/c1-11(19(2)13-6-7-13)10-17-15(16)18-12-4-8-14(20-3)9-5-12/h4-5,8-9,11,13H,6-7,10H2,1-3H3,(H3,16,17,18). The van der Waals surface area contributed by atoms with Crippen LogP contribution in [0.1, 0.15) is 19.8 Å². The zero-order valence-electron chi connectivity index (χ0n) is 12.5. The van der Waals surface area contributed by atoms with Gasteiger partial charge in [0.1, 0.15) is 5.75 Å². The summed E-state index contributed by atoms with van der Waals surface area (Å²) in [6.07, 6.45) is 2.62. The lowest BCUT2D eigenvalue weighted by atomic mass is 10.3. The highest BCUT2D eigenvalue weighted by Crippen LogP contribution is 2.26. The zero-order valence-corrected chi connectivity index (χ0v) is 12.5. The number of aliphatic imine (C=N–C) groups is 1. The van der Waals surface area contributed by atoms with Crippen LogP contribution in [-0.2, 0) is 0 Å². The van der Waals surface area contributed by atoms with Crippen LogP contribution in [0.4, 0.5) is 5.69 Å². The normalized spacial score (nSPS) is 17.1. The van der Waals surface area contributed by atoms with Gasteiger partial charge >= 0.3 is 0 Å². The number of nitrogens with zero attached hydrogens (tertiary/aromatic N) is 2. The number of hydrogen-bond donors (Lipinski definition) is 2. The lowest BCUT2D eigenvalue weighted by molar-refractivity contribution is 0.253. The van der Waals surface area contributed by atoms with Crippen LogP contribution in [0.5, 0.6) is 5.75 Å². The molecule has 0 radical (unpaired) electrons. The highest BCUT2D eigenvalue weighted by Gasteiger charge is 2.28. The molecule has 2 rings (SSSR count). The summed E-state index contributed by atoms with van der Waals surface area (Å²) in [5.41, 5.74) is 6.82. The zero-order chi connectivity index (χ0) is 14.5. The number of methoxy groups -OCH3 is 1. The maximum absolute atomic E-state index is 5.91. The molecule has 0 aromatic heterocycles. The first-order chi connectivity index (χ1) is 9.60. The van der Waals surface area contributed by atoms with Crippen molar-refractivity contribution < 1.29 is 4.74 Å². The summed E-state index contributed by atoms with van der Waals surface area (Å²) < 4.78 is 5.11. The monoisotopic (exact) mass is 276 g/mol. The van der Waals surface area contributed by atoms with E-state index in [1.165, 1.54) is 12.8 Å². The molecule has 1 fully saturated rings. The molecule has 0 heterocycles. The van der Waals surface area contributed by atoms with Gasteiger partial charge in [-0.1, -0.05) is 0 Å². The van der Waals surface area contributed by atoms with Crippen molar-refractivity contribution >= 4 is 11.6 Å². The number of hydrogen-bond acceptors (Lipinski definition) is 3. The van der Waals surface area contributed by atoms with E-state index in [1.807, 2.05) is 24.3 Å². The van der Waals surface area contributed by atoms with Crippen molar-refractivity contribution in [2.75, 3.05) is 26.0 Å². The minimum Gasteiger partial charge on any atom is -0.497 e. The molecule has 1 atom stereocenters. The molecular weight excluding hydrogens is 252 g/mol. The fourth-order valence-electron chi connectivity index (χ4n) is 2.06. The molecule has 0 aliphatic heterocycles. The van der Waals surface area contributed by atoms with E-state index in [0.29, 0.717) is 18.5 Å². The van der Waals surface area contributed by atoms with E-state index in [4.69, 9.17) is 10.5 Å². The summed E-state index contributed by atoms with van der Waals surface area (Å²) >= 11 is 0. The second-order valence-corrected chi connectivity index (χ2v) is 5.33. The summed E-state index contributed by atoms with van der Waals surface area (Å²) in [5, 5.41) is 3.09. The van der Waals surface area contributed by atoms with Crippen molar-refractivity contribution in [1.82, 2.24) is 4.90 Å².